The number of methoxy groups -OCH3 is 1. The van der Waals surface area contributed by atoms with Crippen LogP contribution in [0, 0.1) is 5.82 Å². The summed E-state index contributed by atoms with van der Waals surface area (Å²) in [4.78, 5) is 13.0. The van der Waals surface area contributed by atoms with E-state index in [-0.39, 0.29) is 24.3 Å². The van der Waals surface area contributed by atoms with Gasteiger partial charge in [-0.2, -0.15) is 5.10 Å². The number of ether oxygens (including phenoxy) is 1. The Morgan fingerprint density at radius 3 is 2.57 bits per heavy atom. The summed E-state index contributed by atoms with van der Waals surface area (Å²) < 4.78 is 18.7. The highest BCUT2D eigenvalue weighted by Gasteiger charge is 2.32. The Hall–Kier alpha value is -3.67. The van der Waals surface area contributed by atoms with Gasteiger partial charge in [-0.15, -0.1) is 0 Å². The minimum Gasteiger partial charge on any atom is -0.497 e. The second-order valence-electron chi connectivity index (χ2n) is 7.01. The third kappa shape index (κ3) is 4.33. The number of carbonyl (C=O) groups is 1. The maximum absolute atomic E-state index is 13.4. The van der Waals surface area contributed by atoms with E-state index in [1.165, 1.54) is 17.1 Å². The van der Waals surface area contributed by atoms with Crippen LogP contribution in [-0.4, -0.2) is 30.3 Å². The molecule has 152 valence electrons. The van der Waals surface area contributed by atoms with Crippen molar-refractivity contribution in [2.45, 2.75) is 12.5 Å². The number of halogens is 1. The molecule has 4 rings (SSSR count). The SMILES string of the molecule is COc1ccc(C2CC(c3ccccc3)=NN2C(=O)CNc2cccc(F)c2)cc1. The van der Waals surface area contributed by atoms with Crippen LogP contribution in [0.25, 0.3) is 0 Å². The maximum Gasteiger partial charge on any atom is 0.262 e. The zero-order valence-corrected chi connectivity index (χ0v) is 16.6. The molecule has 0 fully saturated rings. The van der Waals surface area contributed by atoms with E-state index in [1.807, 2.05) is 54.6 Å². The van der Waals surface area contributed by atoms with Crippen molar-refractivity contribution in [2.75, 3.05) is 19.0 Å². The summed E-state index contributed by atoms with van der Waals surface area (Å²) in [7, 11) is 1.62. The molecular formula is C24H22FN3O2. The average molecular weight is 403 g/mol. The Bertz CT molecular complexity index is 1050. The van der Waals surface area contributed by atoms with Gasteiger partial charge < -0.3 is 10.1 Å². The normalized spacial score (nSPS) is 15.6. The molecule has 1 heterocycles. The van der Waals surface area contributed by atoms with E-state index < -0.39 is 0 Å². The van der Waals surface area contributed by atoms with Gasteiger partial charge in [0, 0.05) is 12.1 Å². The molecule has 0 aromatic heterocycles. The molecule has 1 unspecified atom stereocenters. The standard InChI is InChI=1S/C24H22FN3O2/c1-30-21-12-10-18(11-13-21)23-15-22(17-6-3-2-4-7-17)27-28(23)24(29)16-26-20-9-5-8-19(25)14-20/h2-14,23,26H,15-16H2,1H3. The van der Waals surface area contributed by atoms with Gasteiger partial charge in [-0.05, 0) is 41.5 Å². The third-order valence-electron chi connectivity index (χ3n) is 5.04. The Morgan fingerprint density at radius 2 is 1.87 bits per heavy atom. The van der Waals surface area contributed by atoms with Crippen LogP contribution in [0.4, 0.5) is 10.1 Å². The first-order valence-electron chi connectivity index (χ1n) is 9.72. The monoisotopic (exact) mass is 403 g/mol. The Labute approximate surface area is 174 Å². The fourth-order valence-electron chi connectivity index (χ4n) is 3.49. The molecular weight excluding hydrogens is 381 g/mol. The summed E-state index contributed by atoms with van der Waals surface area (Å²) >= 11 is 0. The first-order valence-corrected chi connectivity index (χ1v) is 9.72. The van der Waals surface area contributed by atoms with Crippen LogP contribution in [-0.2, 0) is 4.79 Å². The van der Waals surface area contributed by atoms with Crippen molar-refractivity contribution in [1.82, 2.24) is 5.01 Å². The first kappa shape index (κ1) is 19.6. The third-order valence-corrected chi connectivity index (χ3v) is 5.04. The lowest BCUT2D eigenvalue weighted by Gasteiger charge is -2.22. The number of amides is 1. The van der Waals surface area contributed by atoms with Gasteiger partial charge in [0.1, 0.15) is 11.6 Å². The molecule has 1 N–H and O–H groups in total. The zero-order chi connectivity index (χ0) is 20.9. The Kier molecular flexibility index (Phi) is 5.75. The van der Waals surface area contributed by atoms with Gasteiger partial charge in [0.2, 0.25) is 0 Å². The quantitative estimate of drug-likeness (QED) is 0.653. The molecule has 1 atom stereocenters. The highest BCUT2D eigenvalue weighted by molar-refractivity contribution is 6.03. The number of nitrogens with zero attached hydrogens (tertiary/aromatic N) is 2. The fraction of sp³-hybridized carbons (Fsp3) is 0.167. The summed E-state index contributed by atoms with van der Waals surface area (Å²) in [5.41, 5.74) is 3.38. The molecule has 0 aliphatic carbocycles. The number of carbonyl (C=O) groups excluding carboxylic acids is 1. The van der Waals surface area contributed by atoms with Crippen molar-refractivity contribution in [2.24, 2.45) is 5.10 Å². The summed E-state index contributed by atoms with van der Waals surface area (Å²) in [5, 5.41) is 9.15. The number of hydrazone groups is 1. The molecule has 30 heavy (non-hydrogen) atoms. The number of nitrogens with one attached hydrogen (secondary N) is 1. The van der Waals surface area contributed by atoms with Crippen LogP contribution in [0.15, 0.2) is 84.0 Å². The van der Waals surface area contributed by atoms with Gasteiger partial charge in [0.15, 0.2) is 0 Å². The lowest BCUT2D eigenvalue weighted by Crippen LogP contribution is -2.32. The van der Waals surface area contributed by atoms with Gasteiger partial charge in [0.05, 0.1) is 25.4 Å². The van der Waals surface area contributed by atoms with Crippen LogP contribution in [0.2, 0.25) is 0 Å². The van der Waals surface area contributed by atoms with Crippen LogP contribution >= 0.6 is 0 Å². The van der Waals surface area contributed by atoms with Gasteiger partial charge in [-0.1, -0.05) is 48.5 Å². The molecule has 1 aliphatic heterocycles. The summed E-state index contributed by atoms with van der Waals surface area (Å²) in [6, 6.07) is 23.3. The average Bonchev–Trinajstić information content (AvgIpc) is 3.24. The van der Waals surface area contributed by atoms with Gasteiger partial charge in [0.25, 0.3) is 5.91 Å². The Morgan fingerprint density at radius 1 is 1.10 bits per heavy atom. The van der Waals surface area contributed by atoms with Crippen LogP contribution in [0.1, 0.15) is 23.6 Å². The molecule has 0 saturated carbocycles. The number of rotatable bonds is 6. The molecule has 0 saturated heterocycles. The van der Waals surface area contributed by atoms with Gasteiger partial charge in [-0.3, -0.25) is 4.79 Å². The van der Waals surface area contributed by atoms with Gasteiger partial charge in [-0.25, -0.2) is 9.40 Å². The molecule has 3 aromatic rings. The van der Waals surface area contributed by atoms with E-state index in [9.17, 15) is 9.18 Å². The molecule has 1 amide bonds. The summed E-state index contributed by atoms with van der Waals surface area (Å²) in [6.45, 7) is 0.0156. The lowest BCUT2D eigenvalue weighted by molar-refractivity contribution is -0.131. The predicted octanol–water partition coefficient (Wildman–Crippen LogP) is 4.62. The number of anilines is 1. The van der Waals surface area contributed by atoms with E-state index in [1.54, 1.807) is 19.2 Å². The van der Waals surface area contributed by atoms with Crippen molar-refractivity contribution in [1.29, 1.82) is 0 Å². The second kappa shape index (κ2) is 8.78. The summed E-state index contributed by atoms with van der Waals surface area (Å²) in [6.07, 6.45) is 0.613. The van der Waals surface area contributed by atoms with Gasteiger partial charge >= 0.3 is 0 Å². The second-order valence-corrected chi connectivity index (χ2v) is 7.01. The topological polar surface area (TPSA) is 53.9 Å². The molecule has 0 bridgehead atoms. The fourth-order valence-corrected chi connectivity index (χ4v) is 3.49. The molecule has 1 aliphatic rings. The maximum atomic E-state index is 13.4. The largest absolute Gasteiger partial charge is 0.497 e. The highest BCUT2D eigenvalue weighted by atomic mass is 19.1. The van der Waals surface area contributed by atoms with E-state index in [2.05, 4.69) is 10.4 Å². The molecule has 0 spiro atoms. The van der Waals surface area contributed by atoms with E-state index in [0.29, 0.717) is 12.1 Å². The molecule has 5 nitrogen and oxygen atoms in total. The predicted molar refractivity (Wildman–Crippen MR) is 115 cm³/mol. The smallest absolute Gasteiger partial charge is 0.262 e. The van der Waals surface area contributed by atoms with Crippen LogP contribution < -0.4 is 10.1 Å². The first-order chi connectivity index (χ1) is 14.6. The zero-order valence-electron chi connectivity index (χ0n) is 16.6. The van der Waals surface area contributed by atoms with Crippen LogP contribution in [0.5, 0.6) is 5.75 Å². The van der Waals surface area contributed by atoms with Crippen molar-refractivity contribution >= 4 is 17.3 Å². The van der Waals surface area contributed by atoms with E-state index in [4.69, 9.17) is 4.74 Å². The van der Waals surface area contributed by atoms with Crippen molar-refractivity contribution in [3.8, 4) is 5.75 Å². The minimum absolute atomic E-state index is 0.0156. The minimum atomic E-state index is -0.353. The van der Waals surface area contributed by atoms with Crippen LogP contribution in [0.3, 0.4) is 0 Å². The number of hydrogen-bond acceptors (Lipinski definition) is 4. The lowest BCUT2D eigenvalue weighted by atomic mass is 9.98. The molecule has 3 aromatic carbocycles. The Balaban J connectivity index is 1.57. The number of hydrogen-bond donors (Lipinski definition) is 1. The van der Waals surface area contributed by atoms with Crippen molar-refractivity contribution < 1.29 is 13.9 Å². The highest BCUT2D eigenvalue weighted by Crippen LogP contribution is 2.33. The number of benzene rings is 3. The van der Waals surface area contributed by atoms with Crippen molar-refractivity contribution in [3.05, 3.63) is 95.8 Å². The summed E-state index contributed by atoms with van der Waals surface area (Å²) in [5.74, 6) is 0.215. The van der Waals surface area contributed by atoms with E-state index in [0.717, 1.165) is 22.6 Å². The molecule has 0 radical (unpaired) electrons. The van der Waals surface area contributed by atoms with Crippen molar-refractivity contribution in [3.63, 3.8) is 0 Å². The molecule has 6 heteroatoms. The van der Waals surface area contributed by atoms with E-state index >= 15 is 0 Å².